The molecule has 0 aliphatic rings. The van der Waals surface area contributed by atoms with Crippen LogP contribution in [0, 0.1) is 0 Å². The van der Waals surface area contributed by atoms with Gasteiger partial charge >= 0.3 is 18.9 Å². The summed E-state index contributed by atoms with van der Waals surface area (Å²) in [5.74, 6) is 0. The number of hydrogen-bond acceptors (Lipinski definition) is 2. The van der Waals surface area contributed by atoms with E-state index in [1.54, 1.807) is 11.8 Å². The maximum atomic E-state index is 5.47. The fourth-order valence-electron chi connectivity index (χ4n) is 2.26. The van der Waals surface area contributed by atoms with E-state index in [1.807, 2.05) is 19.0 Å². The molecule has 0 atom stereocenters. The maximum absolute atomic E-state index is 5.47. The second-order valence-corrected chi connectivity index (χ2v) is 6.55. The molecule has 0 saturated carbocycles. The van der Waals surface area contributed by atoms with Crippen molar-refractivity contribution in [2.24, 2.45) is 0 Å². The van der Waals surface area contributed by atoms with Gasteiger partial charge in [0.2, 0.25) is 0 Å². The molecular formula is C18H19LiNS2+. The molecule has 22 heavy (non-hydrogen) atoms. The number of nitrogens with zero attached hydrogens (tertiary/aromatic N) is 1. The zero-order valence-electron chi connectivity index (χ0n) is 12.5. The third-order valence-electron chi connectivity index (χ3n) is 3.28. The SMILES string of the molecule is C.CN(C)C(=S)Sc1c2ccccc2cc2ccccc12.[Li+]. The zero-order valence-corrected chi connectivity index (χ0v) is 14.1. The van der Waals surface area contributed by atoms with Crippen LogP contribution in [0.2, 0.25) is 0 Å². The minimum Gasteiger partial charge on any atom is -0.363 e. The fraction of sp³-hybridized carbons (Fsp3) is 0.167. The number of hydrogen-bond donors (Lipinski definition) is 0. The Balaban J connectivity index is 0.00000121. The minimum absolute atomic E-state index is 0. The molecule has 0 aromatic heterocycles. The van der Waals surface area contributed by atoms with E-state index in [2.05, 4.69) is 54.6 Å². The molecule has 0 aliphatic carbocycles. The normalized spacial score (nSPS) is 9.91. The van der Waals surface area contributed by atoms with Crippen LogP contribution in [0.15, 0.2) is 59.5 Å². The molecule has 0 heterocycles. The molecule has 0 amide bonds. The van der Waals surface area contributed by atoms with Crippen LogP contribution in [-0.4, -0.2) is 23.3 Å². The molecule has 1 nitrogen and oxygen atoms in total. The van der Waals surface area contributed by atoms with Crippen LogP contribution in [0.1, 0.15) is 7.43 Å². The first-order valence-electron chi connectivity index (χ1n) is 6.46. The van der Waals surface area contributed by atoms with Gasteiger partial charge in [0.1, 0.15) is 4.32 Å². The molecule has 0 saturated heterocycles. The Morgan fingerprint density at radius 1 is 0.909 bits per heavy atom. The number of fused-ring (bicyclic) bond motifs is 2. The molecule has 0 unspecified atom stereocenters. The van der Waals surface area contributed by atoms with E-state index in [0.29, 0.717) is 0 Å². The van der Waals surface area contributed by atoms with E-state index in [-0.39, 0.29) is 26.3 Å². The summed E-state index contributed by atoms with van der Waals surface area (Å²) in [5, 5.41) is 5.05. The van der Waals surface area contributed by atoms with Gasteiger partial charge in [0.05, 0.1) is 0 Å². The second-order valence-electron chi connectivity index (χ2n) is 4.91. The molecule has 0 radical (unpaired) electrons. The van der Waals surface area contributed by atoms with Gasteiger partial charge in [-0.2, -0.15) is 0 Å². The van der Waals surface area contributed by atoms with Gasteiger partial charge in [-0.05, 0) is 27.6 Å². The van der Waals surface area contributed by atoms with Crippen molar-refractivity contribution in [3.8, 4) is 0 Å². The Bertz CT molecular complexity index is 745. The third-order valence-corrected chi connectivity index (χ3v) is 5.08. The van der Waals surface area contributed by atoms with E-state index in [9.17, 15) is 0 Å². The number of benzene rings is 3. The summed E-state index contributed by atoms with van der Waals surface area (Å²) in [6, 6.07) is 19.2. The summed E-state index contributed by atoms with van der Waals surface area (Å²) in [6.07, 6.45) is 0. The quantitative estimate of drug-likeness (QED) is 0.294. The number of thiocarbonyl (C=S) groups is 1. The van der Waals surface area contributed by atoms with Gasteiger partial charge < -0.3 is 4.90 Å². The monoisotopic (exact) mass is 320 g/mol. The molecule has 0 aliphatic heterocycles. The fourth-order valence-corrected chi connectivity index (χ4v) is 3.46. The molecule has 3 rings (SSSR count). The van der Waals surface area contributed by atoms with Crippen molar-refractivity contribution in [3.63, 3.8) is 0 Å². The first-order chi connectivity index (χ1) is 9.66. The summed E-state index contributed by atoms with van der Waals surface area (Å²) in [7, 11) is 3.98. The van der Waals surface area contributed by atoms with Crippen molar-refractivity contribution < 1.29 is 18.9 Å². The second kappa shape index (κ2) is 8.03. The van der Waals surface area contributed by atoms with Crippen molar-refractivity contribution in [1.82, 2.24) is 4.90 Å². The molecule has 4 heteroatoms. The van der Waals surface area contributed by atoms with Crippen LogP contribution >= 0.6 is 24.0 Å². The van der Waals surface area contributed by atoms with Gasteiger partial charge in [0, 0.05) is 19.0 Å². The van der Waals surface area contributed by atoms with E-state index in [4.69, 9.17) is 12.2 Å². The van der Waals surface area contributed by atoms with Crippen molar-refractivity contribution in [2.75, 3.05) is 14.1 Å². The van der Waals surface area contributed by atoms with Gasteiger partial charge in [0.25, 0.3) is 0 Å². The van der Waals surface area contributed by atoms with Crippen molar-refractivity contribution >= 4 is 49.8 Å². The topological polar surface area (TPSA) is 3.24 Å². The van der Waals surface area contributed by atoms with Crippen LogP contribution < -0.4 is 18.9 Å². The van der Waals surface area contributed by atoms with E-state index in [0.717, 1.165) is 4.32 Å². The number of thioether (sulfide) groups is 1. The first kappa shape index (κ1) is 19.1. The van der Waals surface area contributed by atoms with E-state index >= 15 is 0 Å². The predicted molar refractivity (Wildman–Crippen MR) is 100 cm³/mol. The largest absolute Gasteiger partial charge is 1.00 e. The van der Waals surface area contributed by atoms with Gasteiger partial charge in [-0.1, -0.05) is 79.9 Å². The zero-order chi connectivity index (χ0) is 14.1. The van der Waals surface area contributed by atoms with E-state index < -0.39 is 0 Å². The van der Waals surface area contributed by atoms with Gasteiger partial charge in [-0.15, -0.1) is 0 Å². The van der Waals surface area contributed by atoms with Crippen LogP contribution in [0.5, 0.6) is 0 Å². The van der Waals surface area contributed by atoms with Crippen LogP contribution in [-0.2, 0) is 0 Å². The Morgan fingerprint density at radius 2 is 1.36 bits per heavy atom. The van der Waals surface area contributed by atoms with Gasteiger partial charge in [-0.25, -0.2) is 0 Å². The van der Waals surface area contributed by atoms with E-state index in [1.165, 1.54) is 26.4 Å². The van der Waals surface area contributed by atoms with Gasteiger partial charge in [-0.3, -0.25) is 0 Å². The Kier molecular flexibility index (Phi) is 6.96. The summed E-state index contributed by atoms with van der Waals surface area (Å²) < 4.78 is 0.881. The number of rotatable bonds is 1. The molecule has 3 aromatic carbocycles. The standard InChI is InChI=1S/C17H15NS2.CH4.Li/c1-18(2)17(19)20-16-14-9-5-3-7-12(14)11-13-8-4-6-10-15(13)16;;/h3-11H,1-2H3;1H4;/q;;+1. The minimum atomic E-state index is 0. The Labute approximate surface area is 154 Å². The summed E-state index contributed by atoms with van der Waals surface area (Å²) >= 11 is 7.14. The molecule has 0 spiro atoms. The van der Waals surface area contributed by atoms with Crippen molar-refractivity contribution in [1.29, 1.82) is 0 Å². The molecule has 108 valence electrons. The van der Waals surface area contributed by atoms with Crippen molar-refractivity contribution in [2.45, 2.75) is 12.3 Å². The Morgan fingerprint density at radius 3 is 1.82 bits per heavy atom. The molecule has 0 bridgehead atoms. The summed E-state index contributed by atoms with van der Waals surface area (Å²) in [6.45, 7) is 0. The van der Waals surface area contributed by atoms with Crippen LogP contribution in [0.25, 0.3) is 21.5 Å². The Hall–Kier alpha value is -0.983. The summed E-state index contributed by atoms with van der Waals surface area (Å²) in [4.78, 5) is 3.23. The molecule has 3 aromatic rings. The summed E-state index contributed by atoms with van der Waals surface area (Å²) in [5.41, 5.74) is 0. The molecular weight excluding hydrogens is 301 g/mol. The van der Waals surface area contributed by atoms with Crippen LogP contribution in [0.4, 0.5) is 0 Å². The van der Waals surface area contributed by atoms with Gasteiger partial charge in [0.15, 0.2) is 0 Å². The predicted octanol–water partition coefficient (Wildman–Crippen LogP) is 2.57. The smallest absolute Gasteiger partial charge is 0.363 e. The van der Waals surface area contributed by atoms with Crippen LogP contribution in [0.3, 0.4) is 0 Å². The average Bonchev–Trinajstić information content (AvgIpc) is 2.46. The molecule has 0 fully saturated rings. The third kappa shape index (κ3) is 3.67. The first-order valence-corrected chi connectivity index (χ1v) is 7.69. The maximum Gasteiger partial charge on any atom is 1.00 e. The van der Waals surface area contributed by atoms with Crippen molar-refractivity contribution in [3.05, 3.63) is 54.6 Å². The average molecular weight is 320 g/mol. The molecule has 0 N–H and O–H groups in total.